The zero-order valence-corrected chi connectivity index (χ0v) is 12.2. The van der Waals surface area contributed by atoms with Crippen LogP contribution in [0, 0.1) is 11.8 Å². The van der Waals surface area contributed by atoms with E-state index in [0.29, 0.717) is 32.1 Å². The molecule has 2 N–H and O–H groups in total. The fourth-order valence-electron chi connectivity index (χ4n) is 2.29. The van der Waals surface area contributed by atoms with E-state index in [1.54, 1.807) is 0 Å². The van der Waals surface area contributed by atoms with Crippen LogP contribution in [0.3, 0.4) is 0 Å². The molecule has 4 heteroatoms. The van der Waals surface area contributed by atoms with Crippen molar-refractivity contribution in [3.63, 3.8) is 0 Å². The van der Waals surface area contributed by atoms with Crippen LogP contribution in [0.5, 0.6) is 0 Å². The summed E-state index contributed by atoms with van der Waals surface area (Å²) in [7, 11) is 0. The van der Waals surface area contributed by atoms with Crippen LogP contribution in [0.1, 0.15) is 71.6 Å². The van der Waals surface area contributed by atoms with Gasteiger partial charge in [0.15, 0.2) is 0 Å². The minimum Gasteiger partial charge on any atom is -0.481 e. The normalized spacial score (nSPS) is 14.0. The topological polar surface area (TPSA) is 74.6 Å². The Hall–Kier alpha value is -1.06. The molecule has 0 rings (SSSR count). The number of unbranched alkanes of at least 4 members (excludes halogenated alkanes) is 2. The van der Waals surface area contributed by atoms with Gasteiger partial charge in [0.05, 0.1) is 11.8 Å². The molecule has 0 aromatic carbocycles. The summed E-state index contributed by atoms with van der Waals surface area (Å²) in [6, 6.07) is 0. The molecule has 0 bridgehead atoms. The van der Waals surface area contributed by atoms with Crippen LogP contribution < -0.4 is 0 Å². The third kappa shape index (κ3) is 8.62. The van der Waals surface area contributed by atoms with Crippen LogP contribution in [0.2, 0.25) is 0 Å². The molecule has 112 valence electrons. The highest BCUT2D eigenvalue weighted by Crippen LogP contribution is 2.21. The van der Waals surface area contributed by atoms with E-state index in [1.165, 1.54) is 0 Å². The Bertz CT molecular complexity index is 237. The highest BCUT2D eigenvalue weighted by molar-refractivity contribution is 5.70. The first kappa shape index (κ1) is 17.9. The van der Waals surface area contributed by atoms with E-state index in [2.05, 4.69) is 0 Å². The molecule has 0 fully saturated rings. The van der Waals surface area contributed by atoms with E-state index in [-0.39, 0.29) is 11.8 Å². The van der Waals surface area contributed by atoms with Crippen LogP contribution in [-0.2, 0) is 9.59 Å². The van der Waals surface area contributed by atoms with E-state index in [1.807, 2.05) is 13.8 Å². The Kier molecular flexibility index (Phi) is 10.2. The largest absolute Gasteiger partial charge is 0.481 e. The third-order valence-electron chi connectivity index (χ3n) is 3.62. The molecule has 2 atom stereocenters. The third-order valence-corrected chi connectivity index (χ3v) is 3.62. The zero-order chi connectivity index (χ0) is 14.7. The lowest BCUT2D eigenvalue weighted by atomic mass is 9.91. The van der Waals surface area contributed by atoms with E-state index in [4.69, 9.17) is 10.2 Å². The highest BCUT2D eigenvalue weighted by atomic mass is 16.4. The SMILES string of the molecule is CCCCC(CCCC(CCCC)C(=O)O)C(=O)O. The predicted molar refractivity (Wildman–Crippen MR) is 75.2 cm³/mol. The van der Waals surface area contributed by atoms with Gasteiger partial charge in [-0.15, -0.1) is 0 Å². The second-order valence-electron chi connectivity index (χ2n) is 5.29. The minimum absolute atomic E-state index is 0.305. The maximum Gasteiger partial charge on any atom is 0.306 e. The van der Waals surface area contributed by atoms with Crippen LogP contribution in [0.4, 0.5) is 0 Å². The molecule has 0 aliphatic rings. The summed E-state index contributed by atoms with van der Waals surface area (Å²) in [5.74, 6) is -2.09. The van der Waals surface area contributed by atoms with Crippen molar-refractivity contribution in [1.29, 1.82) is 0 Å². The van der Waals surface area contributed by atoms with Gasteiger partial charge in [-0.2, -0.15) is 0 Å². The van der Waals surface area contributed by atoms with Gasteiger partial charge in [0, 0.05) is 0 Å². The van der Waals surface area contributed by atoms with Gasteiger partial charge in [-0.05, 0) is 25.7 Å². The molecule has 0 aliphatic heterocycles. The molecule has 0 amide bonds. The van der Waals surface area contributed by atoms with Crippen molar-refractivity contribution in [2.45, 2.75) is 71.6 Å². The van der Waals surface area contributed by atoms with E-state index in [9.17, 15) is 9.59 Å². The fraction of sp³-hybridized carbons (Fsp3) is 0.867. The lowest BCUT2D eigenvalue weighted by molar-refractivity contribution is -0.142. The monoisotopic (exact) mass is 272 g/mol. The summed E-state index contributed by atoms with van der Waals surface area (Å²) >= 11 is 0. The van der Waals surface area contributed by atoms with Gasteiger partial charge in [0.25, 0.3) is 0 Å². The van der Waals surface area contributed by atoms with Gasteiger partial charge in [0.1, 0.15) is 0 Å². The van der Waals surface area contributed by atoms with Crippen molar-refractivity contribution >= 4 is 11.9 Å². The van der Waals surface area contributed by atoms with E-state index < -0.39 is 11.9 Å². The zero-order valence-electron chi connectivity index (χ0n) is 12.2. The van der Waals surface area contributed by atoms with Crippen molar-refractivity contribution in [3.8, 4) is 0 Å². The number of aliphatic carboxylic acids is 2. The molecule has 0 aromatic heterocycles. The molecule has 0 saturated heterocycles. The maximum atomic E-state index is 11.1. The summed E-state index contributed by atoms with van der Waals surface area (Å²) in [6.07, 6.45) is 7.16. The second kappa shape index (κ2) is 10.8. The lowest BCUT2D eigenvalue weighted by Gasteiger charge is -2.14. The molecule has 0 saturated carbocycles. The van der Waals surface area contributed by atoms with Crippen LogP contribution in [0.15, 0.2) is 0 Å². The maximum absolute atomic E-state index is 11.1. The van der Waals surface area contributed by atoms with Crippen LogP contribution in [0.25, 0.3) is 0 Å². The Balaban J connectivity index is 4.05. The second-order valence-corrected chi connectivity index (χ2v) is 5.29. The average molecular weight is 272 g/mol. The summed E-state index contributed by atoms with van der Waals surface area (Å²) in [5, 5.41) is 18.2. The van der Waals surface area contributed by atoms with Crippen molar-refractivity contribution in [2.75, 3.05) is 0 Å². The first-order chi connectivity index (χ1) is 9.02. The summed E-state index contributed by atoms with van der Waals surface area (Å²) in [6.45, 7) is 4.09. The van der Waals surface area contributed by atoms with Crippen LogP contribution >= 0.6 is 0 Å². The van der Waals surface area contributed by atoms with Gasteiger partial charge in [-0.1, -0.05) is 46.0 Å². The van der Waals surface area contributed by atoms with Gasteiger partial charge >= 0.3 is 11.9 Å². The predicted octanol–water partition coefficient (Wildman–Crippen LogP) is 3.94. The van der Waals surface area contributed by atoms with Crippen molar-refractivity contribution in [3.05, 3.63) is 0 Å². The molecular weight excluding hydrogens is 244 g/mol. The number of hydrogen-bond donors (Lipinski definition) is 2. The molecule has 4 nitrogen and oxygen atoms in total. The molecule has 0 radical (unpaired) electrons. The van der Waals surface area contributed by atoms with Crippen molar-refractivity contribution in [2.24, 2.45) is 11.8 Å². The first-order valence-electron chi connectivity index (χ1n) is 7.48. The quantitative estimate of drug-likeness (QED) is 0.564. The molecule has 0 spiro atoms. The summed E-state index contributed by atoms with van der Waals surface area (Å²) in [5.41, 5.74) is 0. The number of carboxylic acid groups (broad SMARTS) is 2. The fourth-order valence-corrected chi connectivity index (χ4v) is 2.29. The Labute approximate surface area is 116 Å². The molecular formula is C15H28O4. The average Bonchev–Trinajstić information content (AvgIpc) is 2.36. The van der Waals surface area contributed by atoms with Gasteiger partial charge < -0.3 is 10.2 Å². The number of hydrogen-bond acceptors (Lipinski definition) is 2. The van der Waals surface area contributed by atoms with Crippen molar-refractivity contribution in [1.82, 2.24) is 0 Å². The van der Waals surface area contributed by atoms with Gasteiger partial charge in [0.2, 0.25) is 0 Å². The van der Waals surface area contributed by atoms with E-state index >= 15 is 0 Å². The number of carboxylic acids is 2. The molecule has 2 unspecified atom stereocenters. The first-order valence-corrected chi connectivity index (χ1v) is 7.48. The highest BCUT2D eigenvalue weighted by Gasteiger charge is 2.20. The Morgan fingerprint density at radius 3 is 1.32 bits per heavy atom. The van der Waals surface area contributed by atoms with E-state index in [0.717, 1.165) is 25.7 Å². The van der Waals surface area contributed by atoms with Crippen LogP contribution in [-0.4, -0.2) is 22.2 Å². The number of rotatable bonds is 12. The number of carbonyl (C=O) groups is 2. The summed E-state index contributed by atoms with van der Waals surface area (Å²) in [4.78, 5) is 22.1. The summed E-state index contributed by atoms with van der Waals surface area (Å²) < 4.78 is 0. The van der Waals surface area contributed by atoms with Gasteiger partial charge in [-0.3, -0.25) is 9.59 Å². The molecule has 19 heavy (non-hydrogen) atoms. The van der Waals surface area contributed by atoms with Crippen molar-refractivity contribution < 1.29 is 19.8 Å². The minimum atomic E-state index is -0.742. The molecule has 0 heterocycles. The molecule has 0 aliphatic carbocycles. The lowest BCUT2D eigenvalue weighted by Crippen LogP contribution is -2.17. The smallest absolute Gasteiger partial charge is 0.306 e. The molecule has 0 aromatic rings. The van der Waals surface area contributed by atoms with Gasteiger partial charge in [-0.25, -0.2) is 0 Å². The standard InChI is InChI=1S/C15H28O4/c1-3-5-8-12(14(16)17)10-7-11-13(15(18)19)9-6-4-2/h12-13H,3-11H2,1-2H3,(H,16,17)(H,18,19). The Morgan fingerprint density at radius 1 is 0.737 bits per heavy atom. The Morgan fingerprint density at radius 2 is 1.05 bits per heavy atom.